The summed E-state index contributed by atoms with van der Waals surface area (Å²) >= 11 is 0. The number of methoxy groups -OCH3 is 1. The Morgan fingerprint density at radius 2 is 1.76 bits per heavy atom. The van der Waals surface area contributed by atoms with Crippen molar-refractivity contribution >= 4 is 23.2 Å². The minimum absolute atomic E-state index is 0.0149. The summed E-state index contributed by atoms with van der Waals surface area (Å²) in [6, 6.07) is 13.3. The molecule has 3 heteroatoms. The van der Waals surface area contributed by atoms with E-state index in [9.17, 15) is 0 Å². The van der Waals surface area contributed by atoms with Gasteiger partial charge in [0, 0.05) is 48.1 Å². The summed E-state index contributed by atoms with van der Waals surface area (Å²) < 4.78 is 8.06. The van der Waals surface area contributed by atoms with Gasteiger partial charge in [0.05, 0.1) is 12.5 Å². The SMILES string of the molecule is CCN(CC)c1ccc(/C=C/C2=[N+](C)c3ccc(C)cc3C2(C)CC)c(OC)c1. The number of hydrogen-bond acceptors (Lipinski definition) is 2. The molecule has 0 saturated heterocycles. The lowest BCUT2D eigenvalue weighted by molar-refractivity contribution is -0.401. The third-order valence-corrected chi connectivity index (χ3v) is 6.51. The normalized spacial score (nSPS) is 18.4. The quantitative estimate of drug-likeness (QED) is 0.541. The molecule has 1 aliphatic rings. The molecular weight excluding hydrogens is 356 g/mol. The molecule has 3 nitrogen and oxygen atoms in total. The number of nitrogens with zero attached hydrogens (tertiary/aromatic N) is 2. The molecular formula is C26H35N2O+. The van der Waals surface area contributed by atoms with Gasteiger partial charge >= 0.3 is 0 Å². The van der Waals surface area contributed by atoms with E-state index in [1.807, 2.05) is 0 Å². The van der Waals surface area contributed by atoms with Crippen molar-refractivity contribution in [3.8, 4) is 5.75 Å². The van der Waals surface area contributed by atoms with Crippen LogP contribution in [0.2, 0.25) is 0 Å². The maximum atomic E-state index is 5.72. The highest BCUT2D eigenvalue weighted by atomic mass is 16.5. The maximum absolute atomic E-state index is 5.72. The second kappa shape index (κ2) is 8.44. The van der Waals surface area contributed by atoms with Gasteiger partial charge < -0.3 is 9.64 Å². The van der Waals surface area contributed by atoms with E-state index in [2.05, 4.69) is 99.7 Å². The highest BCUT2D eigenvalue weighted by Gasteiger charge is 2.45. The molecule has 1 heterocycles. The molecule has 3 rings (SSSR count). The number of aryl methyl sites for hydroxylation is 1. The average Bonchev–Trinajstić information content (AvgIpc) is 2.94. The fourth-order valence-corrected chi connectivity index (χ4v) is 4.48. The largest absolute Gasteiger partial charge is 0.496 e. The first kappa shape index (κ1) is 21.2. The molecule has 0 saturated carbocycles. The van der Waals surface area contributed by atoms with Gasteiger partial charge in [-0.3, -0.25) is 0 Å². The number of fused-ring (bicyclic) bond motifs is 1. The summed E-state index contributed by atoms with van der Waals surface area (Å²) in [6.07, 6.45) is 5.53. The van der Waals surface area contributed by atoms with Crippen LogP contribution in [0.15, 0.2) is 42.5 Å². The zero-order valence-electron chi connectivity index (χ0n) is 19.0. The van der Waals surface area contributed by atoms with Gasteiger partial charge in [0.2, 0.25) is 5.69 Å². The first-order chi connectivity index (χ1) is 13.9. The number of benzene rings is 2. The van der Waals surface area contributed by atoms with E-state index in [0.717, 1.165) is 30.8 Å². The van der Waals surface area contributed by atoms with Crippen LogP contribution in [-0.4, -0.2) is 37.5 Å². The Labute approximate surface area is 176 Å². The maximum Gasteiger partial charge on any atom is 0.209 e. The Balaban J connectivity index is 2.00. The van der Waals surface area contributed by atoms with E-state index in [4.69, 9.17) is 4.74 Å². The van der Waals surface area contributed by atoms with Crippen molar-refractivity contribution in [1.82, 2.24) is 0 Å². The molecule has 154 valence electrons. The summed E-state index contributed by atoms with van der Waals surface area (Å²) in [6.45, 7) is 13.1. The van der Waals surface area contributed by atoms with Crippen LogP contribution in [0.25, 0.3) is 6.08 Å². The van der Waals surface area contributed by atoms with Crippen molar-refractivity contribution in [3.63, 3.8) is 0 Å². The average molecular weight is 392 g/mol. The van der Waals surface area contributed by atoms with E-state index in [1.165, 1.54) is 28.2 Å². The van der Waals surface area contributed by atoms with Crippen molar-refractivity contribution in [3.05, 3.63) is 59.2 Å². The highest BCUT2D eigenvalue weighted by Crippen LogP contribution is 2.42. The van der Waals surface area contributed by atoms with Gasteiger partial charge in [0.1, 0.15) is 12.8 Å². The van der Waals surface area contributed by atoms with E-state index in [-0.39, 0.29) is 5.41 Å². The van der Waals surface area contributed by atoms with Crippen LogP contribution < -0.4 is 9.64 Å². The van der Waals surface area contributed by atoms with Crippen LogP contribution in [0.3, 0.4) is 0 Å². The Hall–Kier alpha value is -2.55. The molecule has 1 unspecified atom stereocenters. The van der Waals surface area contributed by atoms with E-state index in [0.29, 0.717) is 0 Å². The molecule has 0 amide bonds. The summed E-state index contributed by atoms with van der Waals surface area (Å²) in [5.74, 6) is 0.915. The third-order valence-electron chi connectivity index (χ3n) is 6.51. The van der Waals surface area contributed by atoms with E-state index >= 15 is 0 Å². The lowest BCUT2D eigenvalue weighted by atomic mass is 9.76. The molecule has 0 aromatic heterocycles. The smallest absolute Gasteiger partial charge is 0.209 e. The Morgan fingerprint density at radius 3 is 2.38 bits per heavy atom. The van der Waals surface area contributed by atoms with Crippen LogP contribution >= 0.6 is 0 Å². The second-order valence-electron chi connectivity index (χ2n) is 8.08. The Bertz CT molecular complexity index is 953. The zero-order valence-corrected chi connectivity index (χ0v) is 19.0. The van der Waals surface area contributed by atoms with E-state index in [1.54, 1.807) is 7.11 Å². The van der Waals surface area contributed by atoms with Crippen molar-refractivity contribution in [1.29, 1.82) is 0 Å². The van der Waals surface area contributed by atoms with Gasteiger partial charge in [0.25, 0.3) is 0 Å². The van der Waals surface area contributed by atoms with Crippen LogP contribution in [0.1, 0.15) is 50.8 Å². The second-order valence-corrected chi connectivity index (χ2v) is 8.08. The van der Waals surface area contributed by atoms with E-state index < -0.39 is 0 Å². The molecule has 2 aromatic rings. The summed E-state index contributed by atoms with van der Waals surface area (Å²) in [5.41, 5.74) is 7.70. The van der Waals surface area contributed by atoms with Gasteiger partial charge in [-0.25, -0.2) is 0 Å². The minimum atomic E-state index is 0.0149. The summed E-state index contributed by atoms with van der Waals surface area (Å²) in [5, 5.41) is 0. The molecule has 1 atom stereocenters. The predicted octanol–water partition coefficient (Wildman–Crippen LogP) is 5.96. The van der Waals surface area contributed by atoms with Crippen molar-refractivity contribution in [2.45, 2.75) is 46.5 Å². The molecule has 29 heavy (non-hydrogen) atoms. The Kier molecular flexibility index (Phi) is 6.16. The third kappa shape index (κ3) is 3.71. The van der Waals surface area contributed by atoms with Gasteiger partial charge in [-0.2, -0.15) is 4.58 Å². The predicted molar refractivity (Wildman–Crippen MR) is 125 cm³/mol. The number of hydrogen-bond donors (Lipinski definition) is 0. The lowest BCUT2D eigenvalue weighted by Crippen LogP contribution is -2.29. The molecule has 1 aliphatic heterocycles. The fraction of sp³-hybridized carbons (Fsp3) is 0.423. The molecule has 0 aliphatic carbocycles. The monoisotopic (exact) mass is 391 g/mol. The number of anilines is 1. The topological polar surface area (TPSA) is 15.5 Å². The summed E-state index contributed by atoms with van der Waals surface area (Å²) in [4.78, 5) is 2.34. The molecule has 2 aromatic carbocycles. The highest BCUT2D eigenvalue weighted by molar-refractivity contribution is 6.05. The van der Waals surface area contributed by atoms with Crippen LogP contribution in [0.5, 0.6) is 5.75 Å². The van der Waals surface area contributed by atoms with Crippen molar-refractivity contribution < 1.29 is 9.31 Å². The molecule has 0 radical (unpaired) electrons. The number of rotatable bonds is 7. The first-order valence-corrected chi connectivity index (χ1v) is 10.7. The standard InChI is InChI=1S/C26H35N2O/c1-8-26(5)22-17-19(4)11-15-23(22)27(6)25(26)16-13-20-12-14-21(18-24(20)29-7)28(9-2)10-3/h11-18H,8-10H2,1-7H3/q+1. The van der Waals surface area contributed by atoms with Gasteiger partial charge in [-0.05, 0) is 58.4 Å². The number of ether oxygens (including phenoxy) is 1. The fourth-order valence-electron chi connectivity index (χ4n) is 4.48. The summed E-state index contributed by atoms with van der Waals surface area (Å²) in [7, 11) is 3.93. The van der Waals surface area contributed by atoms with Crippen LogP contribution in [0.4, 0.5) is 11.4 Å². The molecule has 0 N–H and O–H groups in total. The van der Waals surface area contributed by atoms with Gasteiger partial charge in [0.15, 0.2) is 5.71 Å². The Morgan fingerprint density at radius 1 is 1.03 bits per heavy atom. The van der Waals surface area contributed by atoms with Crippen LogP contribution in [-0.2, 0) is 5.41 Å². The molecule has 0 fully saturated rings. The zero-order chi connectivity index (χ0) is 21.2. The lowest BCUT2D eigenvalue weighted by Gasteiger charge is -2.22. The minimum Gasteiger partial charge on any atom is -0.496 e. The van der Waals surface area contributed by atoms with Crippen molar-refractivity contribution in [2.24, 2.45) is 0 Å². The molecule has 0 spiro atoms. The first-order valence-electron chi connectivity index (χ1n) is 10.7. The van der Waals surface area contributed by atoms with Gasteiger partial charge in [-0.1, -0.05) is 18.6 Å². The molecule has 0 bridgehead atoms. The van der Waals surface area contributed by atoms with Crippen LogP contribution in [0, 0.1) is 6.92 Å². The van der Waals surface area contributed by atoms with Gasteiger partial charge in [-0.15, -0.1) is 0 Å². The number of allylic oxidation sites excluding steroid dienone is 1. The van der Waals surface area contributed by atoms with Crippen molar-refractivity contribution in [2.75, 3.05) is 32.1 Å².